The van der Waals surface area contributed by atoms with E-state index in [0.29, 0.717) is 11.4 Å². The molecule has 0 heterocycles. The van der Waals surface area contributed by atoms with E-state index in [1.54, 1.807) is 31.2 Å². The van der Waals surface area contributed by atoms with Gasteiger partial charge in [-0.15, -0.1) is 0 Å². The van der Waals surface area contributed by atoms with E-state index >= 15 is 0 Å². The molecule has 3 aromatic rings. The van der Waals surface area contributed by atoms with Gasteiger partial charge in [-0.1, -0.05) is 54.6 Å². The summed E-state index contributed by atoms with van der Waals surface area (Å²) in [4.78, 5) is 24.7. The fourth-order valence-corrected chi connectivity index (χ4v) is 3.51. The summed E-state index contributed by atoms with van der Waals surface area (Å²) in [7, 11) is 0. The van der Waals surface area contributed by atoms with Crippen LogP contribution < -0.4 is 10.7 Å². The Bertz CT molecular complexity index is 1140. The van der Waals surface area contributed by atoms with Crippen molar-refractivity contribution in [1.29, 1.82) is 0 Å². The number of hydrogen-bond acceptors (Lipinski definition) is 3. The van der Waals surface area contributed by atoms with E-state index in [-0.39, 0.29) is 23.3 Å². The molecule has 6 heteroatoms. The van der Waals surface area contributed by atoms with E-state index in [1.165, 1.54) is 23.8 Å². The van der Waals surface area contributed by atoms with Gasteiger partial charge in [-0.2, -0.15) is 5.10 Å². The van der Waals surface area contributed by atoms with Crippen LogP contribution in [0.25, 0.3) is 0 Å². The van der Waals surface area contributed by atoms with Crippen LogP contribution in [-0.4, -0.2) is 17.5 Å². The minimum absolute atomic E-state index is 0.0250. The maximum atomic E-state index is 13.8. The fraction of sp³-hybridized carbons (Fsp3) is 0.160. The van der Waals surface area contributed by atoms with Gasteiger partial charge in [0.1, 0.15) is 5.82 Å². The van der Waals surface area contributed by atoms with E-state index in [1.807, 2.05) is 36.4 Å². The first-order valence-electron chi connectivity index (χ1n) is 10.1. The van der Waals surface area contributed by atoms with Crippen LogP contribution in [0.15, 0.2) is 84.0 Å². The van der Waals surface area contributed by atoms with Crippen molar-refractivity contribution in [2.45, 2.75) is 19.3 Å². The molecule has 0 bridgehead atoms. The van der Waals surface area contributed by atoms with Gasteiger partial charge >= 0.3 is 0 Å². The monoisotopic (exact) mass is 415 g/mol. The molecule has 2 N–H and O–H groups in total. The van der Waals surface area contributed by atoms with Crippen molar-refractivity contribution in [2.75, 3.05) is 5.32 Å². The molecule has 156 valence electrons. The minimum Gasteiger partial charge on any atom is -0.322 e. The van der Waals surface area contributed by atoms with E-state index in [9.17, 15) is 14.0 Å². The Hall–Kier alpha value is -3.80. The van der Waals surface area contributed by atoms with Crippen LogP contribution >= 0.6 is 0 Å². The van der Waals surface area contributed by atoms with Crippen molar-refractivity contribution >= 4 is 23.2 Å². The molecule has 1 saturated carbocycles. The first-order chi connectivity index (χ1) is 15.0. The van der Waals surface area contributed by atoms with E-state index in [4.69, 9.17) is 0 Å². The number of hydrogen-bond donors (Lipinski definition) is 2. The quantitative estimate of drug-likeness (QED) is 0.452. The molecule has 2 amide bonds. The SMILES string of the molecule is CC(=NNC(=O)C1CC1c1ccccc1)c1cccc(NC(=O)c2ccccc2F)c1. The standard InChI is InChI=1S/C25H22FN3O2/c1-16(28-29-25(31)22-15-21(22)17-8-3-2-4-9-17)18-10-7-11-19(14-18)27-24(30)20-12-5-6-13-23(20)26/h2-14,21-22H,15H2,1H3,(H,27,30)(H,29,31). The summed E-state index contributed by atoms with van der Waals surface area (Å²) in [6.45, 7) is 1.78. The van der Waals surface area contributed by atoms with Crippen molar-refractivity contribution in [1.82, 2.24) is 5.43 Å². The first-order valence-corrected chi connectivity index (χ1v) is 10.1. The smallest absolute Gasteiger partial charge is 0.258 e. The van der Waals surface area contributed by atoms with Gasteiger partial charge < -0.3 is 5.32 Å². The predicted molar refractivity (Wildman–Crippen MR) is 118 cm³/mol. The molecule has 0 aromatic heterocycles. The normalized spacial score (nSPS) is 17.7. The lowest BCUT2D eigenvalue weighted by Crippen LogP contribution is -2.21. The van der Waals surface area contributed by atoms with Gasteiger partial charge in [0, 0.05) is 11.6 Å². The average molecular weight is 415 g/mol. The second-order valence-electron chi connectivity index (χ2n) is 7.55. The van der Waals surface area contributed by atoms with Gasteiger partial charge in [0.05, 0.1) is 11.3 Å². The fourth-order valence-electron chi connectivity index (χ4n) is 3.51. The molecule has 0 spiro atoms. The Morgan fingerprint density at radius 3 is 2.48 bits per heavy atom. The number of nitrogens with one attached hydrogen (secondary N) is 2. The van der Waals surface area contributed by atoms with Crippen molar-refractivity contribution < 1.29 is 14.0 Å². The molecule has 2 unspecified atom stereocenters. The molecule has 0 saturated heterocycles. The first kappa shape index (κ1) is 20.5. The summed E-state index contributed by atoms with van der Waals surface area (Å²) in [5.74, 6) is -1.03. The van der Waals surface area contributed by atoms with E-state index < -0.39 is 11.7 Å². The number of benzene rings is 3. The van der Waals surface area contributed by atoms with E-state index in [0.717, 1.165) is 12.0 Å². The van der Waals surface area contributed by atoms with Crippen LogP contribution in [0.2, 0.25) is 0 Å². The van der Waals surface area contributed by atoms with Gasteiger partial charge in [0.2, 0.25) is 5.91 Å². The number of amides is 2. The second-order valence-corrected chi connectivity index (χ2v) is 7.55. The zero-order valence-electron chi connectivity index (χ0n) is 17.0. The molecule has 1 fully saturated rings. The number of anilines is 1. The van der Waals surface area contributed by atoms with Crippen molar-refractivity contribution in [2.24, 2.45) is 11.0 Å². The highest BCUT2D eigenvalue weighted by atomic mass is 19.1. The molecule has 5 nitrogen and oxygen atoms in total. The average Bonchev–Trinajstić information content (AvgIpc) is 3.59. The maximum Gasteiger partial charge on any atom is 0.258 e. The van der Waals surface area contributed by atoms with Gasteiger partial charge in [0.25, 0.3) is 5.91 Å². The predicted octanol–water partition coefficient (Wildman–Crippen LogP) is 4.72. The third kappa shape index (κ3) is 4.86. The highest BCUT2D eigenvalue weighted by Gasteiger charge is 2.43. The molecule has 3 aromatic carbocycles. The maximum absolute atomic E-state index is 13.8. The highest BCUT2D eigenvalue weighted by molar-refractivity contribution is 6.06. The molecular formula is C25H22FN3O2. The highest BCUT2D eigenvalue weighted by Crippen LogP contribution is 2.47. The summed E-state index contributed by atoms with van der Waals surface area (Å²) >= 11 is 0. The van der Waals surface area contributed by atoms with Crippen LogP contribution in [0.4, 0.5) is 10.1 Å². The molecule has 1 aliphatic carbocycles. The molecule has 4 rings (SSSR count). The molecule has 31 heavy (non-hydrogen) atoms. The van der Waals surface area contributed by atoms with Gasteiger partial charge in [0.15, 0.2) is 0 Å². The zero-order valence-corrected chi connectivity index (χ0v) is 17.0. The van der Waals surface area contributed by atoms with Crippen molar-refractivity contribution in [3.63, 3.8) is 0 Å². The van der Waals surface area contributed by atoms with Gasteiger partial charge in [-0.05, 0) is 54.7 Å². The Morgan fingerprint density at radius 2 is 1.71 bits per heavy atom. The Morgan fingerprint density at radius 1 is 0.968 bits per heavy atom. The van der Waals surface area contributed by atoms with Crippen LogP contribution in [-0.2, 0) is 4.79 Å². The number of carbonyl (C=O) groups is 2. The number of nitrogens with zero attached hydrogens (tertiary/aromatic N) is 1. The topological polar surface area (TPSA) is 70.6 Å². The van der Waals surface area contributed by atoms with Crippen molar-refractivity contribution in [3.8, 4) is 0 Å². The Balaban J connectivity index is 1.38. The summed E-state index contributed by atoms with van der Waals surface area (Å²) in [5, 5.41) is 6.91. The molecular weight excluding hydrogens is 393 g/mol. The lowest BCUT2D eigenvalue weighted by Gasteiger charge is -2.08. The largest absolute Gasteiger partial charge is 0.322 e. The van der Waals surface area contributed by atoms with Crippen LogP contribution in [0.1, 0.15) is 40.7 Å². The lowest BCUT2D eigenvalue weighted by atomic mass is 10.1. The molecule has 1 aliphatic rings. The second kappa shape index (κ2) is 8.92. The van der Waals surface area contributed by atoms with Crippen LogP contribution in [0, 0.1) is 11.7 Å². The Labute approximate surface area is 180 Å². The lowest BCUT2D eigenvalue weighted by molar-refractivity contribution is -0.122. The summed E-state index contributed by atoms with van der Waals surface area (Å²) in [6.07, 6.45) is 0.821. The minimum atomic E-state index is -0.578. The zero-order chi connectivity index (χ0) is 21.8. The summed E-state index contributed by atoms with van der Waals surface area (Å²) in [6, 6.07) is 22.8. The van der Waals surface area contributed by atoms with Crippen LogP contribution in [0.3, 0.4) is 0 Å². The Kier molecular flexibility index (Phi) is 5.89. The number of carbonyl (C=O) groups excluding carboxylic acids is 2. The number of halogens is 1. The van der Waals surface area contributed by atoms with Crippen molar-refractivity contribution in [3.05, 3.63) is 101 Å². The van der Waals surface area contributed by atoms with Gasteiger partial charge in [-0.3, -0.25) is 9.59 Å². The molecule has 0 radical (unpaired) electrons. The summed E-state index contributed by atoms with van der Waals surface area (Å²) in [5.41, 5.74) is 5.65. The number of rotatable bonds is 6. The third-order valence-corrected chi connectivity index (χ3v) is 5.35. The van der Waals surface area contributed by atoms with Gasteiger partial charge in [-0.25, -0.2) is 9.82 Å². The molecule has 2 atom stereocenters. The third-order valence-electron chi connectivity index (χ3n) is 5.35. The summed E-state index contributed by atoms with van der Waals surface area (Å²) < 4.78 is 13.8. The molecule has 0 aliphatic heterocycles. The van der Waals surface area contributed by atoms with Crippen LogP contribution in [0.5, 0.6) is 0 Å². The van der Waals surface area contributed by atoms with E-state index in [2.05, 4.69) is 15.8 Å². The number of hydrazone groups is 1.